The molecule has 5 heteroatoms. The molecule has 0 radical (unpaired) electrons. The minimum Gasteiger partial charge on any atom is -0.379 e. The topological polar surface area (TPSA) is 64.2 Å². The van der Waals surface area contributed by atoms with Crippen LogP contribution in [0.2, 0.25) is 0 Å². The Morgan fingerprint density at radius 2 is 1.77 bits per heavy atom. The summed E-state index contributed by atoms with van der Waals surface area (Å²) >= 11 is 1.69. The molecule has 26 heavy (non-hydrogen) atoms. The van der Waals surface area contributed by atoms with E-state index in [4.69, 9.17) is 10.7 Å². The molecule has 2 aromatic carbocycles. The molecule has 1 aliphatic heterocycles. The molecule has 0 spiro atoms. The van der Waals surface area contributed by atoms with Crippen LogP contribution >= 0.6 is 11.8 Å². The molecule has 2 heterocycles. The van der Waals surface area contributed by atoms with E-state index in [-0.39, 0.29) is 6.04 Å². The molecule has 0 unspecified atom stereocenters. The lowest BCUT2D eigenvalue weighted by Crippen LogP contribution is -2.24. The molecule has 2 N–H and O–H groups in total. The fourth-order valence-electron chi connectivity index (χ4n) is 3.29. The van der Waals surface area contributed by atoms with Gasteiger partial charge in [-0.2, -0.15) is 0 Å². The Kier molecular flexibility index (Phi) is 4.97. The van der Waals surface area contributed by atoms with Gasteiger partial charge in [-0.15, -0.1) is 0 Å². The van der Waals surface area contributed by atoms with Crippen molar-refractivity contribution in [1.29, 1.82) is 0 Å². The van der Waals surface area contributed by atoms with E-state index in [1.54, 1.807) is 18.1 Å². The van der Waals surface area contributed by atoms with Crippen molar-refractivity contribution in [3.63, 3.8) is 0 Å². The third-order valence-corrected chi connectivity index (χ3v) is 5.57. The fourth-order valence-corrected chi connectivity index (χ4v) is 4.37. The standard InChI is InChI=1S/C21H20N4S/c22-21-25-20(11-19(26-21)9-15-5-2-1-3-6-15)17-8-4-7-16(10-17)18-12-23-14-24-13-18/h1-8,10,12-14,19-20H,9,11H2,(H2,22,25)/t19-,20+/m1/s1. The summed E-state index contributed by atoms with van der Waals surface area (Å²) < 4.78 is 0. The first-order valence-corrected chi connectivity index (χ1v) is 9.55. The Bertz CT molecular complexity index is 896. The van der Waals surface area contributed by atoms with E-state index in [1.165, 1.54) is 11.1 Å². The number of aliphatic imine (C=N–C) groups is 1. The monoisotopic (exact) mass is 360 g/mol. The molecule has 4 rings (SSSR count). The molecule has 1 aliphatic rings. The zero-order valence-corrected chi connectivity index (χ0v) is 15.1. The van der Waals surface area contributed by atoms with Crippen LogP contribution in [0.1, 0.15) is 23.6 Å². The first-order valence-electron chi connectivity index (χ1n) is 8.67. The molecule has 4 nitrogen and oxygen atoms in total. The summed E-state index contributed by atoms with van der Waals surface area (Å²) in [6, 6.07) is 19.1. The maximum Gasteiger partial charge on any atom is 0.154 e. The number of amidine groups is 1. The van der Waals surface area contributed by atoms with Gasteiger partial charge in [0.05, 0.1) is 6.04 Å². The highest BCUT2D eigenvalue weighted by Gasteiger charge is 2.25. The minimum absolute atomic E-state index is 0.0922. The minimum atomic E-state index is 0.0922. The Balaban J connectivity index is 1.56. The van der Waals surface area contributed by atoms with Crippen LogP contribution in [0.15, 0.2) is 78.3 Å². The van der Waals surface area contributed by atoms with Gasteiger partial charge in [-0.3, -0.25) is 4.99 Å². The number of benzene rings is 2. The van der Waals surface area contributed by atoms with Gasteiger partial charge >= 0.3 is 0 Å². The second-order valence-electron chi connectivity index (χ2n) is 6.40. The van der Waals surface area contributed by atoms with Crippen molar-refractivity contribution in [2.75, 3.05) is 0 Å². The van der Waals surface area contributed by atoms with Crippen molar-refractivity contribution in [1.82, 2.24) is 9.97 Å². The molecule has 1 aromatic heterocycles. The molecule has 3 aromatic rings. The van der Waals surface area contributed by atoms with E-state index in [0.717, 1.165) is 24.0 Å². The molecule has 0 saturated carbocycles. The van der Waals surface area contributed by atoms with E-state index in [9.17, 15) is 0 Å². The zero-order valence-electron chi connectivity index (χ0n) is 14.3. The molecular weight excluding hydrogens is 340 g/mol. The number of hydrogen-bond acceptors (Lipinski definition) is 5. The first kappa shape index (κ1) is 16.8. The molecule has 130 valence electrons. The lowest BCUT2D eigenvalue weighted by molar-refractivity contribution is 0.621. The van der Waals surface area contributed by atoms with Gasteiger partial charge < -0.3 is 5.73 Å². The fraction of sp³-hybridized carbons (Fsp3) is 0.190. The van der Waals surface area contributed by atoms with Crippen LogP contribution in [0.3, 0.4) is 0 Å². The second kappa shape index (κ2) is 7.70. The van der Waals surface area contributed by atoms with Crippen molar-refractivity contribution in [2.45, 2.75) is 24.1 Å². The van der Waals surface area contributed by atoms with Crippen molar-refractivity contribution >= 4 is 16.9 Å². The van der Waals surface area contributed by atoms with Crippen molar-refractivity contribution in [3.8, 4) is 11.1 Å². The lowest BCUT2D eigenvalue weighted by Gasteiger charge is -2.26. The highest BCUT2D eigenvalue weighted by atomic mass is 32.2. The Morgan fingerprint density at radius 1 is 0.962 bits per heavy atom. The molecule has 0 amide bonds. The van der Waals surface area contributed by atoms with Gasteiger partial charge in [0.2, 0.25) is 0 Å². The number of nitrogens with two attached hydrogens (primary N) is 1. The first-order chi connectivity index (χ1) is 12.8. The van der Waals surface area contributed by atoms with Gasteiger partial charge in [0.25, 0.3) is 0 Å². The van der Waals surface area contributed by atoms with Crippen molar-refractivity contribution in [3.05, 3.63) is 84.4 Å². The van der Waals surface area contributed by atoms with Gasteiger partial charge in [-0.1, -0.05) is 60.3 Å². The smallest absolute Gasteiger partial charge is 0.154 e. The quantitative estimate of drug-likeness (QED) is 0.755. The molecule has 2 atom stereocenters. The SMILES string of the molecule is NC1=N[C@H](c2cccc(-c3cncnc3)c2)C[C@@H](Cc2ccccc2)S1. The summed E-state index contributed by atoms with van der Waals surface area (Å²) in [7, 11) is 0. The summed E-state index contributed by atoms with van der Waals surface area (Å²) in [6.07, 6.45) is 7.20. The van der Waals surface area contributed by atoms with Crippen LogP contribution in [0, 0.1) is 0 Å². The molecule has 0 aliphatic carbocycles. The maximum absolute atomic E-state index is 6.15. The second-order valence-corrected chi connectivity index (χ2v) is 7.72. The van der Waals surface area contributed by atoms with E-state index in [2.05, 4.69) is 64.6 Å². The summed E-state index contributed by atoms with van der Waals surface area (Å²) in [5.41, 5.74) is 10.8. The largest absolute Gasteiger partial charge is 0.379 e. The van der Waals surface area contributed by atoms with E-state index >= 15 is 0 Å². The molecule has 0 bridgehead atoms. The number of hydrogen-bond donors (Lipinski definition) is 1. The van der Waals surface area contributed by atoms with Crippen molar-refractivity contribution in [2.24, 2.45) is 10.7 Å². The number of aromatic nitrogens is 2. The highest BCUT2D eigenvalue weighted by molar-refractivity contribution is 8.14. The average molecular weight is 360 g/mol. The highest BCUT2D eigenvalue weighted by Crippen LogP contribution is 2.36. The van der Waals surface area contributed by atoms with E-state index in [0.29, 0.717) is 10.4 Å². The average Bonchev–Trinajstić information content (AvgIpc) is 2.69. The maximum atomic E-state index is 6.15. The van der Waals surface area contributed by atoms with E-state index in [1.807, 2.05) is 12.4 Å². The summed E-state index contributed by atoms with van der Waals surface area (Å²) in [4.78, 5) is 12.9. The summed E-state index contributed by atoms with van der Waals surface area (Å²) in [6.45, 7) is 0. The van der Waals surface area contributed by atoms with Crippen LogP contribution in [-0.4, -0.2) is 20.4 Å². The van der Waals surface area contributed by atoms with Gasteiger partial charge in [-0.05, 0) is 35.6 Å². The van der Waals surface area contributed by atoms with Gasteiger partial charge in [0, 0.05) is 23.2 Å². The Labute approximate surface area is 157 Å². The molecule has 0 fully saturated rings. The van der Waals surface area contributed by atoms with Gasteiger partial charge in [-0.25, -0.2) is 9.97 Å². The number of nitrogens with zero attached hydrogens (tertiary/aromatic N) is 3. The lowest BCUT2D eigenvalue weighted by atomic mass is 9.96. The predicted octanol–water partition coefficient (Wildman–Crippen LogP) is 4.25. The van der Waals surface area contributed by atoms with Crippen LogP contribution < -0.4 is 5.73 Å². The third-order valence-electron chi connectivity index (χ3n) is 4.53. The normalized spacial score (nSPS) is 19.8. The Hall–Kier alpha value is -2.66. The van der Waals surface area contributed by atoms with Crippen LogP contribution in [-0.2, 0) is 6.42 Å². The van der Waals surface area contributed by atoms with Crippen molar-refractivity contribution < 1.29 is 0 Å². The molecular formula is C21H20N4S. The third kappa shape index (κ3) is 3.94. The van der Waals surface area contributed by atoms with Crippen LogP contribution in [0.5, 0.6) is 0 Å². The summed E-state index contributed by atoms with van der Waals surface area (Å²) in [5, 5.41) is 1.11. The van der Waals surface area contributed by atoms with Gasteiger partial charge in [0.15, 0.2) is 5.17 Å². The van der Waals surface area contributed by atoms with E-state index < -0.39 is 0 Å². The molecule has 0 saturated heterocycles. The Morgan fingerprint density at radius 3 is 2.58 bits per heavy atom. The van der Waals surface area contributed by atoms with Crippen LogP contribution in [0.25, 0.3) is 11.1 Å². The zero-order chi connectivity index (χ0) is 17.8. The number of rotatable bonds is 4. The van der Waals surface area contributed by atoms with Gasteiger partial charge in [0.1, 0.15) is 6.33 Å². The predicted molar refractivity (Wildman–Crippen MR) is 108 cm³/mol. The summed E-state index contributed by atoms with van der Waals surface area (Å²) in [5.74, 6) is 0. The number of thioether (sulfide) groups is 1. The van der Waals surface area contributed by atoms with Crippen LogP contribution in [0.4, 0.5) is 0 Å².